The molecule has 1 heterocycles. The molecular formula is C17H17F6N3O. The highest BCUT2D eigenvalue weighted by Crippen LogP contribution is 2.36. The van der Waals surface area contributed by atoms with Crippen molar-refractivity contribution >= 4 is 11.6 Å². The molecule has 1 saturated heterocycles. The number of hydrogen-bond donors (Lipinski definition) is 0. The zero-order chi connectivity index (χ0) is 20.4. The molecule has 0 aromatic heterocycles. The van der Waals surface area contributed by atoms with E-state index in [0.29, 0.717) is 24.1 Å². The van der Waals surface area contributed by atoms with Gasteiger partial charge in [-0.25, -0.2) is 0 Å². The van der Waals surface area contributed by atoms with Crippen LogP contribution in [0.15, 0.2) is 18.2 Å². The van der Waals surface area contributed by atoms with Crippen molar-refractivity contribution in [3.8, 4) is 6.07 Å². The Morgan fingerprint density at radius 1 is 1.26 bits per heavy atom. The molecule has 2 rings (SSSR count). The first-order valence-corrected chi connectivity index (χ1v) is 8.21. The van der Waals surface area contributed by atoms with E-state index in [0.717, 1.165) is 18.6 Å². The summed E-state index contributed by atoms with van der Waals surface area (Å²) in [5.74, 6) is -0.550. The summed E-state index contributed by atoms with van der Waals surface area (Å²) in [6.07, 6.45) is -8.91. The summed E-state index contributed by atoms with van der Waals surface area (Å²) in [7, 11) is 0. The topological polar surface area (TPSA) is 47.3 Å². The van der Waals surface area contributed by atoms with Gasteiger partial charge < -0.3 is 9.80 Å². The van der Waals surface area contributed by atoms with E-state index >= 15 is 0 Å². The Kier molecular flexibility index (Phi) is 5.92. The lowest BCUT2D eigenvalue weighted by Gasteiger charge is -2.39. The van der Waals surface area contributed by atoms with Gasteiger partial charge in [0.2, 0.25) is 5.91 Å². The van der Waals surface area contributed by atoms with Crippen LogP contribution in [-0.4, -0.2) is 42.7 Å². The van der Waals surface area contributed by atoms with Crippen molar-refractivity contribution in [1.82, 2.24) is 4.90 Å². The molecule has 1 aliphatic heterocycles. The van der Waals surface area contributed by atoms with Crippen molar-refractivity contribution in [1.29, 1.82) is 5.26 Å². The zero-order valence-electron chi connectivity index (χ0n) is 14.4. The summed E-state index contributed by atoms with van der Waals surface area (Å²) >= 11 is 0. The molecule has 0 aliphatic carbocycles. The van der Waals surface area contributed by atoms with Crippen LogP contribution in [0.25, 0.3) is 0 Å². The summed E-state index contributed by atoms with van der Waals surface area (Å²) in [5, 5.41) is 8.85. The first kappa shape index (κ1) is 20.9. The molecule has 1 atom stereocenters. The number of nitriles is 1. The van der Waals surface area contributed by atoms with Crippen molar-refractivity contribution in [2.75, 3.05) is 24.5 Å². The predicted molar refractivity (Wildman–Crippen MR) is 84.8 cm³/mol. The van der Waals surface area contributed by atoms with Crippen molar-refractivity contribution < 1.29 is 31.1 Å². The number of alkyl halides is 6. The monoisotopic (exact) mass is 393 g/mol. The van der Waals surface area contributed by atoms with Crippen LogP contribution in [0.2, 0.25) is 0 Å². The fourth-order valence-electron chi connectivity index (χ4n) is 2.89. The van der Waals surface area contributed by atoms with E-state index in [1.807, 2.05) is 0 Å². The van der Waals surface area contributed by atoms with Crippen LogP contribution in [0.4, 0.5) is 32.0 Å². The summed E-state index contributed by atoms with van der Waals surface area (Å²) in [4.78, 5) is 14.5. The maximum Gasteiger partial charge on any atom is 0.417 e. The molecule has 0 saturated carbocycles. The van der Waals surface area contributed by atoms with Gasteiger partial charge in [0.1, 0.15) is 12.6 Å². The smallest absolute Gasteiger partial charge is 0.350 e. The van der Waals surface area contributed by atoms with Gasteiger partial charge in [-0.3, -0.25) is 4.79 Å². The molecule has 10 heteroatoms. The number of carbonyl (C=O) groups is 1. The quantitative estimate of drug-likeness (QED) is 0.712. The SMILES string of the molecule is CCC(C(=O)N1CCC1)N(CC(F)(F)F)c1ccc(C#N)c(C(F)(F)F)c1. The standard InChI is InChI=1S/C17H17F6N3O/c1-2-14(15(27)25-6-3-7-25)26(10-16(18,19)20)12-5-4-11(9-24)13(8-12)17(21,22)23/h4-5,8,14H,2-3,6-7,10H2,1H3. The maximum absolute atomic E-state index is 13.2. The Labute approximate surface area is 152 Å². The third-order valence-corrected chi connectivity index (χ3v) is 4.33. The fraction of sp³-hybridized carbons (Fsp3) is 0.529. The van der Waals surface area contributed by atoms with Crippen molar-refractivity contribution in [2.24, 2.45) is 0 Å². The van der Waals surface area contributed by atoms with Crippen LogP contribution in [0.3, 0.4) is 0 Å². The van der Waals surface area contributed by atoms with Gasteiger partial charge >= 0.3 is 12.4 Å². The van der Waals surface area contributed by atoms with Crippen LogP contribution < -0.4 is 4.90 Å². The number of nitrogens with zero attached hydrogens (tertiary/aromatic N) is 3. The number of likely N-dealkylation sites (tertiary alicyclic amines) is 1. The molecule has 148 valence electrons. The minimum atomic E-state index is -4.91. The highest BCUT2D eigenvalue weighted by Gasteiger charge is 2.40. The Morgan fingerprint density at radius 3 is 2.30 bits per heavy atom. The molecular weight excluding hydrogens is 376 g/mol. The Morgan fingerprint density at radius 2 is 1.89 bits per heavy atom. The molecule has 1 aromatic carbocycles. The van der Waals surface area contributed by atoms with E-state index in [9.17, 15) is 31.1 Å². The molecule has 27 heavy (non-hydrogen) atoms. The lowest BCUT2D eigenvalue weighted by atomic mass is 10.0. The van der Waals surface area contributed by atoms with Crippen molar-refractivity contribution in [3.05, 3.63) is 29.3 Å². The van der Waals surface area contributed by atoms with Crippen LogP contribution in [0, 0.1) is 11.3 Å². The first-order chi connectivity index (χ1) is 12.5. The van der Waals surface area contributed by atoms with Gasteiger partial charge in [-0.05, 0) is 31.0 Å². The summed E-state index contributed by atoms with van der Waals surface area (Å²) < 4.78 is 78.8. The largest absolute Gasteiger partial charge is 0.417 e. The highest BCUT2D eigenvalue weighted by molar-refractivity contribution is 5.86. The Hall–Kier alpha value is -2.44. The number of anilines is 1. The molecule has 4 nitrogen and oxygen atoms in total. The average molecular weight is 393 g/mol. The van der Waals surface area contributed by atoms with Gasteiger partial charge in [-0.2, -0.15) is 31.6 Å². The maximum atomic E-state index is 13.2. The summed E-state index contributed by atoms with van der Waals surface area (Å²) in [6, 6.07) is 2.46. The normalized spacial score (nSPS) is 15.7. The Bertz CT molecular complexity index is 734. The summed E-state index contributed by atoms with van der Waals surface area (Å²) in [6.45, 7) is 0.751. The van der Waals surface area contributed by atoms with E-state index in [1.54, 1.807) is 0 Å². The molecule has 1 amide bonds. The van der Waals surface area contributed by atoms with Gasteiger partial charge in [-0.15, -0.1) is 0 Å². The van der Waals surface area contributed by atoms with Crippen LogP contribution in [0.1, 0.15) is 30.9 Å². The van der Waals surface area contributed by atoms with Gasteiger partial charge in [0.15, 0.2) is 0 Å². The van der Waals surface area contributed by atoms with E-state index in [2.05, 4.69) is 0 Å². The second-order valence-corrected chi connectivity index (χ2v) is 6.19. The zero-order valence-corrected chi connectivity index (χ0v) is 14.4. The third-order valence-electron chi connectivity index (χ3n) is 4.33. The number of halogens is 6. The van der Waals surface area contributed by atoms with E-state index in [-0.39, 0.29) is 6.42 Å². The van der Waals surface area contributed by atoms with Crippen LogP contribution in [0.5, 0.6) is 0 Å². The third kappa shape index (κ3) is 4.84. The number of benzene rings is 1. The second kappa shape index (κ2) is 7.66. The summed E-state index contributed by atoms with van der Waals surface area (Å²) in [5.41, 5.74) is -2.43. The van der Waals surface area contributed by atoms with Gasteiger partial charge in [-0.1, -0.05) is 6.92 Å². The predicted octanol–water partition coefficient (Wildman–Crippen LogP) is 3.96. The van der Waals surface area contributed by atoms with Crippen LogP contribution >= 0.6 is 0 Å². The molecule has 0 bridgehead atoms. The minimum Gasteiger partial charge on any atom is -0.350 e. The molecule has 1 aromatic rings. The van der Waals surface area contributed by atoms with E-state index in [4.69, 9.17) is 5.26 Å². The number of hydrogen-bond acceptors (Lipinski definition) is 3. The van der Waals surface area contributed by atoms with E-state index < -0.39 is 47.7 Å². The molecule has 0 N–H and O–H groups in total. The van der Waals surface area contributed by atoms with Crippen LogP contribution in [-0.2, 0) is 11.0 Å². The highest BCUT2D eigenvalue weighted by atomic mass is 19.4. The van der Waals surface area contributed by atoms with Crippen molar-refractivity contribution in [2.45, 2.75) is 38.2 Å². The number of carbonyl (C=O) groups excluding carboxylic acids is 1. The molecule has 0 radical (unpaired) electrons. The molecule has 0 spiro atoms. The molecule has 1 aliphatic rings. The lowest BCUT2D eigenvalue weighted by Crippen LogP contribution is -2.54. The fourth-order valence-corrected chi connectivity index (χ4v) is 2.89. The minimum absolute atomic E-state index is 0.00718. The van der Waals surface area contributed by atoms with Crippen molar-refractivity contribution in [3.63, 3.8) is 0 Å². The lowest BCUT2D eigenvalue weighted by molar-refractivity contribution is -0.138. The van der Waals surface area contributed by atoms with E-state index in [1.165, 1.54) is 17.9 Å². The van der Waals surface area contributed by atoms with Gasteiger partial charge in [0.05, 0.1) is 17.2 Å². The molecule has 1 fully saturated rings. The average Bonchev–Trinajstić information content (AvgIpc) is 2.50. The first-order valence-electron chi connectivity index (χ1n) is 8.21. The second-order valence-electron chi connectivity index (χ2n) is 6.19. The van der Waals surface area contributed by atoms with Gasteiger partial charge in [0.25, 0.3) is 0 Å². The molecule has 1 unspecified atom stereocenters. The Balaban J connectivity index is 2.50. The van der Waals surface area contributed by atoms with Gasteiger partial charge in [0, 0.05) is 18.8 Å². The number of rotatable bonds is 5. The number of amides is 1.